The Morgan fingerprint density at radius 1 is 1.22 bits per heavy atom. The van der Waals surface area contributed by atoms with E-state index in [0.717, 1.165) is 16.6 Å². The highest BCUT2D eigenvalue weighted by molar-refractivity contribution is 9.10. The zero-order valence-electron chi connectivity index (χ0n) is 12.6. The Bertz CT molecular complexity index is 706. The Labute approximate surface area is 149 Å². The minimum absolute atomic E-state index is 0.238. The fraction of sp³-hybridized carbons (Fsp3) is 0.176. The van der Waals surface area contributed by atoms with Crippen LogP contribution in [0.4, 0.5) is 5.69 Å². The number of benzene rings is 2. The predicted octanol–water partition coefficient (Wildman–Crippen LogP) is 4.36. The van der Waals surface area contributed by atoms with Gasteiger partial charge in [-0.25, -0.2) is 0 Å². The molecule has 0 fully saturated rings. The first-order valence-corrected chi connectivity index (χ1v) is 8.40. The van der Waals surface area contributed by atoms with Crippen LogP contribution in [0.1, 0.15) is 23.7 Å². The number of carbonyl (C=O) groups is 1. The van der Waals surface area contributed by atoms with Crippen LogP contribution >= 0.6 is 28.1 Å². The minimum atomic E-state index is -0.281. The zero-order chi connectivity index (χ0) is 16.7. The van der Waals surface area contributed by atoms with Gasteiger partial charge in [-0.2, -0.15) is 0 Å². The van der Waals surface area contributed by atoms with Crippen molar-refractivity contribution < 1.29 is 9.53 Å². The third-order valence-electron chi connectivity index (χ3n) is 2.92. The molecule has 2 aromatic carbocycles. The van der Waals surface area contributed by atoms with E-state index in [1.165, 1.54) is 0 Å². The van der Waals surface area contributed by atoms with Crippen molar-refractivity contribution in [3.8, 4) is 5.75 Å². The molecule has 6 heteroatoms. The zero-order valence-corrected chi connectivity index (χ0v) is 15.0. The molecule has 1 amide bonds. The Balaban J connectivity index is 1.98. The number of amides is 1. The van der Waals surface area contributed by atoms with Crippen LogP contribution in [-0.2, 0) is 0 Å². The van der Waals surface area contributed by atoms with E-state index in [2.05, 4.69) is 26.6 Å². The highest BCUT2D eigenvalue weighted by atomic mass is 79.9. The summed E-state index contributed by atoms with van der Waals surface area (Å²) in [5.41, 5.74) is 1.28. The standard InChI is InChI=1S/C17H17BrN2O2S/c1-2-10-22-13-7-5-6-12(11-13)16(21)20-17(23)19-15-9-4-3-8-14(15)18/h3-9,11H,2,10H2,1H3,(H2,19,20,21,23). The van der Waals surface area contributed by atoms with Crippen molar-refractivity contribution in [3.63, 3.8) is 0 Å². The number of carbonyl (C=O) groups excluding carboxylic acids is 1. The fourth-order valence-corrected chi connectivity index (χ4v) is 2.43. The maximum Gasteiger partial charge on any atom is 0.257 e. The van der Waals surface area contributed by atoms with Gasteiger partial charge in [0.05, 0.1) is 12.3 Å². The topological polar surface area (TPSA) is 50.4 Å². The molecule has 23 heavy (non-hydrogen) atoms. The van der Waals surface area contributed by atoms with Crippen LogP contribution in [0, 0.1) is 0 Å². The molecule has 0 aliphatic rings. The molecule has 2 aromatic rings. The molecule has 0 spiro atoms. The van der Waals surface area contributed by atoms with Crippen LogP contribution < -0.4 is 15.4 Å². The quantitative estimate of drug-likeness (QED) is 0.741. The van der Waals surface area contributed by atoms with Crippen LogP contribution in [-0.4, -0.2) is 17.6 Å². The molecule has 120 valence electrons. The summed E-state index contributed by atoms with van der Waals surface area (Å²) in [6.45, 7) is 2.65. The summed E-state index contributed by atoms with van der Waals surface area (Å²) in [4.78, 5) is 12.3. The fourth-order valence-electron chi connectivity index (χ4n) is 1.84. The highest BCUT2D eigenvalue weighted by Crippen LogP contribution is 2.21. The van der Waals surface area contributed by atoms with Crippen molar-refractivity contribution in [2.24, 2.45) is 0 Å². The lowest BCUT2D eigenvalue weighted by molar-refractivity contribution is 0.0977. The van der Waals surface area contributed by atoms with E-state index in [9.17, 15) is 4.79 Å². The van der Waals surface area contributed by atoms with Crippen LogP contribution in [0.15, 0.2) is 53.0 Å². The first-order chi connectivity index (χ1) is 11.1. The van der Waals surface area contributed by atoms with Gasteiger partial charge in [-0.05, 0) is 64.9 Å². The van der Waals surface area contributed by atoms with E-state index in [1.807, 2.05) is 37.3 Å². The van der Waals surface area contributed by atoms with E-state index in [-0.39, 0.29) is 11.0 Å². The van der Waals surface area contributed by atoms with Gasteiger partial charge in [-0.15, -0.1) is 0 Å². The Morgan fingerprint density at radius 3 is 2.74 bits per heavy atom. The summed E-state index contributed by atoms with van der Waals surface area (Å²) in [6, 6.07) is 14.6. The number of thiocarbonyl (C=S) groups is 1. The van der Waals surface area contributed by atoms with Crippen molar-refractivity contribution >= 4 is 44.9 Å². The maximum absolute atomic E-state index is 12.3. The van der Waals surface area contributed by atoms with E-state index < -0.39 is 0 Å². The maximum atomic E-state index is 12.3. The Hall–Kier alpha value is -1.92. The molecule has 0 saturated carbocycles. The molecule has 0 unspecified atom stereocenters. The first kappa shape index (κ1) is 17.4. The number of halogens is 1. The minimum Gasteiger partial charge on any atom is -0.494 e. The number of nitrogens with one attached hydrogen (secondary N) is 2. The molecule has 0 heterocycles. The summed E-state index contributed by atoms with van der Waals surface area (Å²) in [5.74, 6) is 0.390. The molecule has 0 radical (unpaired) electrons. The molecule has 0 aromatic heterocycles. The van der Waals surface area contributed by atoms with E-state index >= 15 is 0 Å². The molecule has 0 aliphatic heterocycles. The third kappa shape index (κ3) is 5.33. The van der Waals surface area contributed by atoms with Gasteiger partial charge in [0.15, 0.2) is 5.11 Å². The van der Waals surface area contributed by atoms with Gasteiger partial charge in [-0.3, -0.25) is 10.1 Å². The third-order valence-corrected chi connectivity index (χ3v) is 3.81. The molecular formula is C17H17BrN2O2S. The lowest BCUT2D eigenvalue weighted by Gasteiger charge is -2.11. The van der Waals surface area contributed by atoms with Gasteiger partial charge in [0.2, 0.25) is 0 Å². The number of para-hydroxylation sites is 1. The van der Waals surface area contributed by atoms with Crippen LogP contribution in [0.25, 0.3) is 0 Å². The number of hydrogen-bond acceptors (Lipinski definition) is 3. The molecule has 2 N–H and O–H groups in total. The smallest absolute Gasteiger partial charge is 0.257 e. The van der Waals surface area contributed by atoms with Gasteiger partial charge < -0.3 is 10.1 Å². The average Bonchev–Trinajstić information content (AvgIpc) is 2.55. The molecule has 0 saturated heterocycles. The van der Waals surface area contributed by atoms with Crippen LogP contribution in [0.3, 0.4) is 0 Å². The monoisotopic (exact) mass is 392 g/mol. The number of ether oxygens (including phenoxy) is 1. The normalized spacial score (nSPS) is 10.0. The molecule has 2 rings (SSSR count). The molecule has 0 bridgehead atoms. The Kier molecular flexibility index (Phi) is 6.55. The van der Waals surface area contributed by atoms with Crippen LogP contribution in [0.5, 0.6) is 5.75 Å². The second-order valence-corrected chi connectivity index (χ2v) is 6.03. The summed E-state index contributed by atoms with van der Waals surface area (Å²) in [6.07, 6.45) is 0.913. The van der Waals surface area contributed by atoms with E-state index in [1.54, 1.807) is 18.2 Å². The lowest BCUT2D eigenvalue weighted by atomic mass is 10.2. The van der Waals surface area contributed by atoms with Gasteiger partial charge in [-0.1, -0.05) is 25.1 Å². The number of hydrogen-bond donors (Lipinski definition) is 2. The second-order valence-electron chi connectivity index (χ2n) is 4.76. The lowest BCUT2D eigenvalue weighted by Crippen LogP contribution is -2.34. The summed E-state index contributed by atoms with van der Waals surface area (Å²) >= 11 is 8.60. The van der Waals surface area contributed by atoms with Gasteiger partial charge >= 0.3 is 0 Å². The van der Waals surface area contributed by atoms with Crippen molar-refractivity contribution in [3.05, 3.63) is 58.6 Å². The molecule has 0 aliphatic carbocycles. The van der Waals surface area contributed by atoms with Crippen molar-refractivity contribution in [2.75, 3.05) is 11.9 Å². The molecule has 0 atom stereocenters. The SMILES string of the molecule is CCCOc1cccc(C(=O)NC(=S)Nc2ccccc2Br)c1. The predicted molar refractivity (Wildman–Crippen MR) is 100 cm³/mol. The van der Waals surface area contributed by atoms with Gasteiger partial charge in [0.25, 0.3) is 5.91 Å². The highest BCUT2D eigenvalue weighted by Gasteiger charge is 2.10. The largest absolute Gasteiger partial charge is 0.494 e. The van der Waals surface area contributed by atoms with E-state index in [4.69, 9.17) is 17.0 Å². The summed E-state index contributed by atoms with van der Waals surface area (Å²) < 4.78 is 6.39. The van der Waals surface area contributed by atoms with Crippen molar-refractivity contribution in [1.29, 1.82) is 0 Å². The Morgan fingerprint density at radius 2 is 2.00 bits per heavy atom. The number of anilines is 1. The van der Waals surface area contributed by atoms with Crippen molar-refractivity contribution in [1.82, 2.24) is 5.32 Å². The van der Waals surface area contributed by atoms with Crippen molar-refractivity contribution in [2.45, 2.75) is 13.3 Å². The molecular weight excluding hydrogens is 376 g/mol. The average molecular weight is 393 g/mol. The molecule has 4 nitrogen and oxygen atoms in total. The first-order valence-electron chi connectivity index (χ1n) is 7.20. The second kappa shape index (κ2) is 8.64. The summed E-state index contributed by atoms with van der Waals surface area (Å²) in [5, 5.41) is 5.88. The van der Waals surface area contributed by atoms with E-state index in [0.29, 0.717) is 17.9 Å². The van der Waals surface area contributed by atoms with Gasteiger partial charge in [0, 0.05) is 10.0 Å². The summed E-state index contributed by atoms with van der Waals surface area (Å²) in [7, 11) is 0. The van der Waals surface area contributed by atoms with Gasteiger partial charge in [0.1, 0.15) is 5.75 Å². The van der Waals surface area contributed by atoms with Crippen LogP contribution in [0.2, 0.25) is 0 Å². The number of rotatable bonds is 5.